The van der Waals surface area contributed by atoms with E-state index in [0.29, 0.717) is 11.6 Å². The molecule has 0 spiro atoms. The number of nitrogens with zero attached hydrogens (tertiary/aromatic N) is 1. The zero-order chi connectivity index (χ0) is 17.4. The van der Waals surface area contributed by atoms with Gasteiger partial charge in [-0.1, -0.05) is 23.7 Å². The summed E-state index contributed by atoms with van der Waals surface area (Å²) in [6, 6.07) is 5.53. The number of ether oxygens (including phenoxy) is 1. The van der Waals surface area contributed by atoms with E-state index in [9.17, 15) is 14.7 Å². The molecule has 6 heteroatoms. The molecule has 1 amide bonds. The smallest absolute Gasteiger partial charge is 0.410 e. The molecular formula is C17H22ClNO4. The van der Waals surface area contributed by atoms with Crippen LogP contribution in [-0.4, -0.2) is 40.8 Å². The Balaban J connectivity index is 2.23. The number of carboxylic acids is 1. The van der Waals surface area contributed by atoms with Crippen LogP contribution in [0.1, 0.15) is 37.8 Å². The summed E-state index contributed by atoms with van der Waals surface area (Å²) in [7, 11) is 0. The van der Waals surface area contributed by atoms with Crippen molar-refractivity contribution >= 4 is 23.7 Å². The highest BCUT2D eigenvalue weighted by molar-refractivity contribution is 6.31. The molecule has 5 nitrogen and oxygen atoms in total. The first kappa shape index (κ1) is 17.6. The molecule has 2 unspecified atom stereocenters. The lowest BCUT2D eigenvalue weighted by Crippen LogP contribution is -2.35. The van der Waals surface area contributed by atoms with E-state index in [4.69, 9.17) is 16.3 Å². The quantitative estimate of drug-likeness (QED) is 0.892. The fraction of sp³-hybridized carbons (Fsp3) is 0.529. The normalized spacial score (nSPS) is 21.3. The molecule has 0 bridgehead atoms. The van der Waals surface area contributed by atoms with Crippen LogP contribution in [0.3, 0.4) is 0 Å². The fourth-order valence-corrected chi connectivity index (χ4v) is 2.90. The number of hydrogen-bond donors (Lipinski definition) is 1. The van der Waals surface area contributed by atoms with Crippen LogP contribution in [0.5, 0.6) is 0 Å². The first-order chi connectivity index (χ1) is 10.6. The van der Waals surface area contributed by atoms with Crippen LogP contribution >= 0.6 is 11.6 Å². The van der Waals surface area contributed by atoms with Crippen molar-refractivity contribution in [1.82, 2.24) is 4.90 Å². The van der Waals surface area contributed by atoms with E-state index in [0.717, 1.165) is 11.1 Å². The van der Waals surface area contributed by atoms with E-state index >= 15 is 0 Å². The Bertz CT molecular complexity index is 624. The van der Waals surface area contributed by atoms with Crippen molar-refractivity contribution in [3.05, 3.63) is 34.3 Å². The molecule has 0 saturated carbocycles. The van der Waals surface area contributed by atoms with Crippen molar-refractivity contribution in [1.29, 1.82) is 0 Å². The number of carbonyl (C=O) groups excluding carboxylic acids is 1. The van der Waals surface area contributed by atoms with Gasteiger partial charge >= 0.3 is 12.1 Å². The van der Waals surface area contributed by atoms with Crippen LogP contribution in [0, 0.1) is 12.8 Å². The van der Waals surface area contributed by atoms with Gasteiger partial charge in [-0.15, -0.1) is 0 Å². The molecule has 1 aromatic carbocycles. The average molecular weight is 340 g/mol. The van der Waals surface area contributed by atoms with Gasteiger partial charge in [0.25, 0.3) is 0 Å². The van der Waals surface area contributed by atoms with Gasteiger partial charge in [-0.3, -0.25) is 4.79 Å². The Labute approximate surface area is 141 Å². The molecule has 1 aliphatic rings. The summed E-state index contributed by atoms with van der Waals surface area (Å²) in [5.74, 6) is -1.88. The molecule has 1 heterocycles. The second kappa shape index (κ2) is 6.40. The summed E-state index contributed by atoms with van der Waals surface area (Å²) in [6.07, 6.45) is -0.482. The van der Waals surface area contributed by atoms with Crippen molar-refractivity contribution in [3.63, 3.8) is 0 Å². The third-order valence-electron chi connectivity index (χ3n) is 3.91. The lowest BCUT2D eigenvalue weighted by molar-refractivity contribution is -0.141. The molecule has 1 fully saturated rings. The Morgan fingerprint density at radius 2 is 1.96 bits per heavy atom. The number of halogens is 1. The predicted molar refractivity (Wildman–Crippen MR) is 87.9 cm³/mol. The molecule has 23 heavy (non-hydrogen) atoms. The fourth-order valence-electron chi connectivity index (χ4n) is 2.71. The highest BCUT2D eigenvalue weighted by Crippen LogP contribution is 2.35. The van der Waals surface area contributed by atoms with Crippen LogP contribution in [-0.2, 0) is 9.53 Å². The third-order valence-corrected chi connectivity index (χ3v) is 4.32. The molecule has 126 valence electrons. The van der Waals surface area contributed by atoms with Crippen molar-refractivity contribution in [2.45, 2.75) is 39.2 Å². The van der Waals surface area contributed by atoms with Gasteiger partial charge in [0.2, 0.25) is 0 Å². The highest BCUT2D eigenvalue weighted by atomic mass is 35.5. The van der Waals surface area contributed by atoms with Gasteiger partial charge in [-0.05, 0) is 44.9 Å². The van der Waals surface area contributed by atoms with Crippen LogP contribution < -0.4 is 0 Å². The van der Waals surface area contributed by atoms with Gasteiger partial charge in [0, 0.05) is 24.0 Å². The Morgan fingerprint density at radius 1 is 1.30 bits per heavy atom. The molecule has 0 aromatic heterocycles. The SMILES string of the molecule is Cc1ccc(C2CN(C(=O)OC(C)(C)C)CC2C(=O)O)cc1Cl. The molecule has 2 rings (SSSR count). The molecule has 1 N–H and O–H groups in total. The minimum absolute atomic E-state index is 0.139. The van der Waals surface area contributed by atoms with E-state index in [1.165, 1.54) is 4.90 Å². The summed E-state index contributed by atoms with van der Waals surface area (Å²) in [4.78, 5) is 25.3. The minimum atomic E-state index is -0.919. The number of aryl methyl sites for hydroxylation is 1. The zero-order valence-corrected chi connectivity index (χ0v) is 14.6. The Morgan fingerprint density at radius 3 is 2.48 bits per heavy atom. The number of likely N-dealkylation sites (tertiary alicyclic amines) is 1. The largest absolute Gasteiger partial charge is 0.481 e. The van der Waals surface area contributed by atoms with Crippen molar-refractivity contribution < 1.29 is 19.4 Å². The van der Waals surface area contributed by atoms with Crippen LogP contribution in [0.2, 0.25) is 5.02 Å². The van der Waals surface area contributed by atoms with Crippen LogP contribution in [0.4, 0.5) is 4.79 Å². The van der Waals surface area contributed by atoms with Gasteiger partial charge in [0.05, 0.1) is 5.92 Å². The van der Waals surface area contributed by atoms with Crippen molar-refractivity contribution in [3.8, 4) is 0 Å². The monoisotopic (exact) mass is 339 g/mol. The number of amides is 1. The standard InChI is InChI=1S/C17H22ClNO4/c1-10-5-6-11(7-14(10)18)12-8-19(9-13(12)15(20)21)16(22)23-17(2,3)4/h5-7,12-13H,8-9H2,1-4H3,(H,20,21). The maximum absolute atomic E-state index is 12.2. The van der Waals surface area contributed by atoms with Crippen LogP contribution in [0.15, 0.2) is 18.2 Å². The number of aliphatic carboxylic acids is 1. The highest BCUT2D eigenvalue weighted by Gasteiger charge is 2.41. The first-order valence-electron chi connectivity index (χ1n) is 7.55. The van der Waals surface area contributed by atoms with E-state index in [1.807, 2.05) is 19.1 Å². The molecule has 1 aromatic rings. The Hall–Kier alpha value is -1.75. The van der Waals surface area contributed by atoms with Crippen LogP contribution in [0.25, 0.3) is 0 Å². The third kappa shape index (κ3) is 4.16. The first-order valence-corrected chi connectivity index (χ1v) is 7.93. The van der Waals surface area contributed by atoms with E-state index in [-0.39, 0.29) is 12.5 Å². The lowest BCUT2D eigenvalue weighted by Gasteiger charge is -2.24. The predicted octanol–water partition coefficient (Wildman–Crippen LogP) is 3.68. The number of carboxylic acid groups (broad SMARTS) is 1. The van der Waals surface area contributed by atoms with Gasteiger partial charge in [0.1, 0.15) is 5.60 Å². The zero-order valence-electron chi connectivity index (χ0n) is 13.8. The summed E-state index contributed by atoms with van der Waals surface area (Å²) in [5.41, 5.74) is 1.16. The lowest BCUT2D eigenvalue weighted by atomic mass is 9.88. The maximum atomic E-state index is 12.2. The second-order valence-electron chi connectivity index (χ2n) is 6.95. The van der Waals surface area contributed by atoms with E-state index in [1.54, 1.807) is 26.8 Å². The average Bonchev–Trinajstić information content (AvgIpc) is 2.85. The number of rotatable bonds is 2. The van der Waals surface area contributed by atoms with Gasteiger partial charge in [-0.25, -0.2) is 4.79 Å². The number of carbonyl (C=O) groups is 2. The summed E-state index contributed by atoms with van der Waals surface area (Å²) < 4.78 is 5.34. The summed E-state index contributed by atoms with van der Waals surface area (Å²) in [5, 5.41) is 10.1. The maximum Gasteiger partial charge on any atom is 0.410 e. The van der Waals surface area contributed by atoms with Gasteiger partial charge in [-0.2, -0.15) is 0 Å². The van der Waals surface area contributed by atoms with Gasteiger partial charge < -0.3 is 14.7 Å². The molecule has 1 saturated heterocycles. The second-order valence-corrected chi connectivity index (χ2v) is 7.35. The van der Waals surface area contributed by atoms with E-state index < -0.39 is 23.6 Å². The number of benzene rings is 1. The topological polar surface area (TPSA) is 66.8 Å². The number of hydrogen-bond acceptors (Lipinski definition) is 3. The van der Waals surface area contributed by atoms with E-state index in [2.05, 4.69) is 0 Å². The molecule has 1 aliphatic heterocycles. The molecular weight excluding hydrogens is 318 g/mol. The molecule has 0 radical (unpaired) electrons. The van der Waals surface area contributed by atoms with Gasteiger partial charge in [0.15, 0.2) is 0 Å². The Kier molecular flexibility index (Phi) is 4.90. The van der Waals surface area contributed by atoms with Crippen molar-refractivity contribution in [2.75, 3.05) is 13.1 Å². The molecule has 0 aliphatic carbocycles. The summed E-state index contributed by atoms with van der Waals surface area (Å²) >= 11 is 6.15. The minimum Gasteiger partial charge on any atom is -0.481 e. The molecule has 2 atom stereocenters. The van der Waals surface area contributed by atoms with Crippen molar-refractivity contribution in [2.24, 2.45) is 5.92 Å². The summed E-state index contributed by atoms with van der Waals surface area (Å²) in [6.45, 7) is 7.70.